The van der Waals surface area contributed by atoms with E-state index in [0.717, 1.165) is 42.2 Å². The second-order valence-corrected chi connectivity index (χ2v) is 11.5. The summed E-state index contributed by atoms with van der Waals surface area (Å²) in [5, 5.41) is 32.8. The van der Waals surface area contributed by atoms with Gasteiger partial charge in [-0.3, -0.25) is 4.79 Å². The van der Waals surface area contributed by atoms with Crippen LogP contribution < -0.4 is 15.6 Å². The molecule has 1 aliphatic carbocycles. The number of aromatic nitrogens is 1. The Bertz CT molecular complexity index is 1830. The molecule has 0 spiro atoms. The molecule has 0 amide bonds. The van der Waals surface area contributed by atoms with Gasteiger partial charge in [0.1, 0.15) is 23.7 Å². The molecule has 6 rings (SSSR count). The number of para-hydroxylation sites is 1. The Morgan fingerprint density at radius 1 is 0.913 bits per heavy atom. The van der Waals surface area contributed by atoms with Crippen LogP contribution in [-0.4, -0.2) is 38.9 Å². The van der Waals surface area contributed by atoms with Crippen LogP contribution in [0, 0.1) is 0 Å². The van der Waals surface area contributed by atoms with Gasteiger partial charge < -0.3 is 30.4 Å². The quantitative estimate of drug-likeness (QED) is 0.127. The summed E-state index contributed by atoms with van der Waals surface area (Å²) in [4.78, 5) is 25.3. The van der Waals surface area contributed by atoms with Crippen LogP contribution in [0.15, 0.2) is 95.8 Å². The fraction of sp³-hybridized carbons (Fsp3) is 0.263. The Balaban J connectivity index is 0.000000356. The fourth-order valence-electron chi connectivity index (χ4n) is 6.01. The molecule has 5 N–H and O–H groups in total. The number of aliphatic hydroxyl groups is 1. The first kappa shape index (κ1) is 32.5. The highest BCUT2D eigenvalue weighted by atomic mass is 16.5. The molecule has 46 heavy (non-hydrogen) atoms. The number of phenols is 1. The lowest BCUT2D eigenvalue weighted by atomic mass is 9.97. The van der Waals surface area contributed by atoms with Gasteiger partial charge in [0.15, 0.2) is 0 Å². The molecule has 8 nitrogen and oxygen atoms in total. The number of aromatic amines is 1. The third-order valence-electron chi connectivity index (χ3n) is 8.44. The number of carbonyl (C=O) groups is 1. The Hall–Kier alpha value is -4.92. The molecule has 8 heteroatoms. The second-order valence-electron chi connectivity index (χ2n) is 11.5. The maximum atomic E-state index is 12.1. The molecule has 0 aliphatic heterocycles. The van der Waals surface area contributed by atoms with E-state index < -0.39 is 12.1 Å². The van der Waals surface area contributed by atoms with Crippen molar-refractivity contribution in [3.63, 3.8) is 0 Å². The minimum atomic E-state index is -1.11. The number of benzene rings is 4. The smallest absolute Gasteiger partial charge is 0.339 e. The van der Waals surface area contributed by atoms with Crippen molar-refractivity contribution in [2.45, 2.75) is 58.3 Å². The first-order valence-corrected chi connectivity index (χ1v) is 15.7. The standard InChI is InChI=1S/C31H34N2O3.C7H6O3/c1-3-21-14-23-16-25(17-24(23)15-22(21)4-2)32-18-28(34)26-10-12-29(31-27(26)11-13-30(35)33-31)36-19-20-8-6-5-7-9-20;8-6-4-2-1-3-5(6)7(9)10/h5-15,25,28,32,34H,3-4,16-19H2,1-2H3,(H,33,35);1-4,8H,(H,9,10). The van der Waals surface area contributed by atoms with Gasteiger partial charge >= 0.3 is 5.97 Å². The normalized spacial score (nSPS) is 13.1. The molecule has 1 aromatic heterocycles. The summed E-state index contributed by atoms with van der Waals surface area (Å²) in [5.41, 5.74) is 7.94. The lowest BCUT2D eigenvalue weighted by Gasteiger charge is -2.19. The number of aryl methyl sites for hydroxylation is 2. The average Bonchev–Trinajstić information content (AvgIpc) is 3.48. The van der Waals surface area contributed by atoms with Gasteiger partial charge in [0, 0.05) is 24.0 Å². The summed E-state index contributed by atoms with van der Waals surface area (Å²) in [6, 6.07) is 27.8. The molecule has 1 aliphatic rings. The number of H-pyrrole nitrogens is 1. The maximum absolute atomic E-state index is 12.1. The van der Waals surface area contributed by atoms with Crippen LogP contribution in [-0.2, 0) is 32.3 Å². The van der Waals surface area contributed by atoms with Crippen LogP contribution in [0.3, 0.4) is 0 Å². The summed E-state index contributed by atoms with van der Waals surface area (Å²) in [6.45, 7) is 5.28. The van der Waals surface area contributed by atoms with E-state index in [0.29, 0.717) is 30.5 Å². The predicted molar refractivity (Wildman–Crippen MR) is 180 cm³/mol. The fourth-order valence-corrected chi connectivity index (χ4v) is 6.01. The summed E-state index contributed by atoms with van der Waals surface area (Å²) in [7, 11) is 0. The van der Waals surface area contributed by atoms with Crippen LogP contribution in [0.1, 0.15) is 63.7 Å². The highest BCUT2D eigenvalue weighted by Gasteiger charge is 2.24. The van der Waals surface area contributed by atoms with Crippen molar-refractivity contribution >= 4 is 16.9 Å². The molecule has 0 radical (unpaired) electrons. The monoisotopic (exact) mass is 620 g/mol. The van der Waals surface area contributed by atoms with Crippen molar-refractivity contribution in [2.75, 3.05) is 6.54 Å². The highest BCUT2D eigenvalue weighted by molar-refractivity contribution is 5.90. The summed E-state index contributed by atoms with van der Waals surface area (Å²) in [6.07, 6.45) is 3.39. The van der Waals surface area contributed by atoms with E-state index in [1.54, 1.807) is 18.2 Å². The molecule has 0 bridgehead atoms. The molecule has 0 saturated heterocycles. The predicted octanol–water partition coefficient (Wildman–Crippen LogP) is 6.11. The molecule has 1 atom stereocenters. The number of hydrogen-bond acceptors (Lipinski definition) is 6. The lowest BCUT2D eigenvalue weighted by Crippen LogP contribution is -2.33. The Labute approximate surface area is 268 Å². The third-order valence-corrected chi connectivity index (χ3v) is 8.44. The zero-order valence-corrected chi connectivity index (χ0v) is 26.1. The summed E-state index contributed by atoms with van der Waals surface area (Å²) >= 11 is 0. The van der Waals surface area contributed by atoms with E-state index in [4.69, 9.17) is 14.9 Å². The number of nitrogens with one attached hydrogen (secondary N) is 2. The Morgan fingerprint density at radius 2 is 1.57 bits per heavy atom. The zero-order valence-electron chi connectivity index (χ0n) is 26.1. The van der Waals surface area contributed by atoms with Crippen LogP contribution >= 0.6 is 0 Å². The first-order valence-electron chi connectivity index (χ1n) is 15.7. The van der Waals surface area contributed by atoms with Crippen molar-refractivity contribution in [1.29, 1.82) is 0 Å². The van der Waals surface area contributed by atoms with Crippen molar-refractivity contribution < 1.29 is 24.9 Å². The van der Waals surface area contributed by atoms with Crippen molar-refractivity contribution in [1.82, 2.24) is 10.3 Å². The van der Waals surface area contributed by atoms with Gasteiger partial charge in [0.25, 0.3) is 0 Å². The van der Waals surface area contributed by atoms with Crippen molar-refractivity contribution in [3.05, 3.63) is 140 Å². The van der Waals surface area contributed by atoms with Gasteiger partial charge in [-0.1, -0.05) is 74.5 Å². The lowest BCUT2D eigenvalue weighted by molar-refractivity contribution is 0.0693. The van der Waals surface area contributed by atoms with Gasteiger partial charge in [-0.2, -0.15) is 0 Å². The van der Waals surface area contributed by atoms with Gasteiger partial charge in [0.2, 0.25) is 5.56 Å². The van der Waals surface area contributed by atoms with E-state index in [9.17, 15) is 14.7 Å². The Kier molecular flexibility index (Phi) is 10.5. The average molecular weight is 621 g/mol. The van der Waals surface area contributed by atoms with Crippen LogP contribution in [0.5, 0.6) is 11.5 Å². The molecule has 0 fully saturated rings. The molecule has 0 saturated carbocycles. The van der Waals surface area contributed by atoms with Crippen LogP contribution in [0.2, 0.25) is 0 Å². The van der Waals surface area contributed by atoms with Crippen molar-refractivity contribution in [3.8, 4) is 11.5 Å². The molecule has 1 unspecified atom stereocenters. The number of carboxylic acids is 1. The van der Waals surface area contributed by atoms with E-state index >= 15 is 0 Å². The van der Waals surface area contributed by atoms with E-state index in [-0.39, 0.29) is 16.9 Å². The van der Waals surface area contributed by atoms with Gasteiger partial charge in [-0.25, -0.2) is 4.79 Å². The number of hydrogen-bond donors (Lipinski definition) is 5. The minimum absolute atomic E-state index is 0.0671. The number of carboxylic acid groups (broad SMARTS) is 1. The van der Waals surface area contributed by atoms with E-state index in [1.165, 1.54) is 40.5 Å². The largest absolute Gasteiger partial charge is 0.507 e. The van der Waals surface area contributed by atoms with Gasteiger partial charge in [-0.15, -0.1) is 0 Å². The first-order chi connectivity index (χ1) is 22.3. The molecule has 238 valence electrons. The number of aliphatic hydroxyl groups excluding tert-OH is 1. The van der Waals surface area contributed by atoms with Crippen LogP contribution in [0.25, 0.3) is 10.9 Å². The molecule has 4 aromatic carbocycles. The minimum Gasteiger partial charge on any atom is -0.507 e. The van der Waals surface area contributed by atoms with Crippen LogP contribution in [0.4, 0.5) is 0 Å². The highest BCUT2D eigenvalue weighted by Crippen LogP contribution is 2.31. The zero-order chi connectivity index (χ0) is 32.6. The number of pyridine rings is 1. The van der Waals surface area contributed by atoms with Crippen molar-refractivity contribution in [2.24, 2.45) is 0 Å². The summed E-state index contributed by atoms with van der Waals surface area (Å²) in [5.74, 6) is -0.715. The number of rotatable bonds is 10. The maximum Gasteiger partial charge on any atom is 0.339 e. The van der Waals surface area contributed by atoms with Gasteiger partial charge in [0.05, 0.1) is 11.6 Å². The number of aromatic hydroxyl groups is 1. The summed E-state index contributed by atoms with van der Waals surface area (Å²) < 4.78 is 6.04. The second kappa shape index (κ2) is 14.9. The third kappa shape index (κ3) is 7.65. The molecular formula is C38H40N2O6. The van der Waals surface area contributed by atoms with E-state index in [2.05, 4.69) is 36.3 Å². The number of ether oxygens (including phenoxy) is 1. The van der Waals surface area contributed by atoms with E-state index in [1.807, 2.05) is 42.5 Å². The molecular weight excluding hydrogens is 580 g/mol. The Morgan fingerprint density at radius 3 is 2.17 bits per heavy atom. The topological polar surface area (TPSA) is 132 Å². The molecule has 5 aromatic rings. The number of fused-ring (bicyclic) bond motifs is 2. The SMILES string of the molecule is CCc1cc2c(cc1CC)CC(NCC(O)c1ccc(OCc3ccccc3)c3[nH]c(=O)ccc13)C2.O=C(O)c1ccccc1O. The van der Waals surface area contributed by atoms with Gasteiger partial charge in [-0.05, 0) is 83.3 Å². The number of aromatic carboxylic acids is 1. The molecule has 1 heterocycles.